The van der Waals surface area contributed by atoms with Gasteiger partial charge in [0.25, 0.3) is 0 Å². The lowest BCUT2D eigenvalue weighted by Crippen LogP contribution is -2.55. The summed E-state index contributed by atoms with van der Waals surface area (Å²) in [7, 11) is 0. The van der Waals surface area contributed by atoms with Crippen molar-refractivity contribution in [2.45, 2.75) is 26.3 Å². The minimum absolute atomic E-state index is 0.0497. The van der Waals surface area contributed by atoms with Crippen LogP contribution < -0.4 is 5.32 Å². The molecular formula is C10H18N2O3. The van der Waals surface area contributed by atoms with E-state index in [1.54, 1.807) is 0 Å². The number of rotatable bonds is 3. The first-order chi connectivity index (χ1) is 6.78. The Kier molecular flexibility index (Phi) is 3.34. The van der Waals surface area contributed by atoms with Gasteiger partial charge < -0.3 is 10.4 Å². The van der Waals surface area contributed by atoms with Crippen LogP contribution in [0.25, 0.3) is 0 Å². The average Bonchev–Trinajstić information content (AvgIpc) is 1.91. The lowest BCUT2D eigenvalue weighted by atomic mass is 10.0. The highest BCUT2D eigenvalue weighted by Crippen LogP contribution is 2.14. The third-order valence-electron chi connectivity index (χ3n) is 2.19. The van der Waals surface area contributed by atoms with Crippen molar-refractivity contribution in [2.75, 3.05) is 19.6 Å². The van der Waals surface area contributed by atoms with E-state index in [9.17, 15) is 9.59 Å². The van der Waals surface area contributed by atoms with Crippen molar-refractivity contribution in [1.29, 1.82) is 0 Å². The number of carboxylic acid groups (broad SMARTS) is 1. The van der Waals surface area contributed by atoms with Crippen LogP contribution in [0.2, 0.25) is 0 Å². The summed E-state index contributed by atoms with van der Waals surface area (Å²) in [5.74, 6) is -1.12. The maximum Gasteiger partial charge on any atom is 0.309 e. The summed E-state index contributed by atoms with van der Waals surface area (Å²) in [4.78, 5) is 23.8. The molecule has 2 N–H and O–H groups in total. The van der Waals surface area contributed by atoms with Crippen LogP contribution in [0.5, 0.6) is 0 Å². The van der Waals surface area contributed by atoms with Crippen molar-refractivity contribution < 1.29 is 14.7 Å². The maximum absolute atomic E-state index is 11.4. The van der Waals surface area contributed by atoms with Crippen LogP contribution in [0.1, 0.15) is 20.8 Å². The highest BCUT2D eigenvalue weighted by Gasteiger charge is 2.33. The fraction of sp³-hybridized carbons (Fsp3) is 0.800. The number of hydrogen-bond acceptors (Lipinski definition) is 3. The highest BCUT2D eigenvalue weighted by atomic mass is 16.4. The predicted molar refractivity (Wildman–Crippen MR) is 55.5 cm³/mol. The molecule has 0 atom stereocenters. The zero-order valence-corrected chi connectivity index (χ0v) is 9.41. The van der Waals surface area contributed by atoms with Crippen molar-refractivity contribution in [3.05, 3.63) is 0 Å². The molecule has 0 aliphatic carbocycles. The number of aliphatic carboxylic acids is 1. The Bertz CT molecular complexity index is 264. The van der Waals surface area contributed by atoms with E-state index in [0.29, 0.717) is 19.6 Å². The molecule has 86 valence electrons. The number of nitrogens with zero attached hydrogens (tertiary/aromatic N) is 1. The zero-order chi connectivity index (χ0) is 11.6. The Balaban J connectivity index is 2.22. The molecule has 0 spiro atoms. The monoisotopic (exact) mass is 214 g/mol. The summed E-state index contributed by atoms with van der Waals surface area (Å²) in [6.07, 6.45) is 0. The van der Waals surface area contributed by atoms with Crippen LogP contribution in [0, 0.1) is 5.92 Å². The molecule has 0 aromatic heterocycles. The number of amides is 1. The Hall–Kier alpha value is -1.10. The fourth-order valence-corrected chi connectivity index (χ4v) is 1.52. The number of carbonyl (C=O) groups is 2. The van der Waals surface area contributed by atoms with Gasteiger partial charge in [-0.05, 0) is 20.8 Å². The van der Waals surface area contributed by atoms with Gasteiger partial charge in [-0.1, -0.05) is 0 Å². The van der Waals surface area contributed by atoms with Gasteiger partial charge in [0.05, 0.1) is 12.5 Å². The maximum atomic E-state index is 11.4. The van der Waals surface area contributed by atoms with Gasteiger partial charge in [-0.15, -0.1) is 0 Å². The van der Waals surface area contributed by atoms with Crippen molar-refractivity contribution in [3.8, 4) is 0 Å². The fourth-order valence-electron chi connectivity index (χ4n) is 1.52. The molecule has 1 rings (SSSR count). The first-order valence-corrected chi connectivity index (χ1v) is 5.04. The molecule has 1 fully saturated rings. The lowest BCUT2D eigenvalue weighted by Gasteiger charge is -2.36. The minimum Gasteiger partial charge on any atom is -0.481 e. The molecule has 15 heavy (non-hydrogen) atoms. The van der Waals surface area contributed by atoms with Gasteiger partial charge in [0.1, 0.15) is 0 Å². The zero-order valence-electron chi connectivity index (χ0n) is 9.41. The van der Waals surface area contributed by atoms with Gasteiger partial charge in [-0.2, -0.15) is 0 Å². The van der Waals surface area contributed by atoms with Crippen LogP contribution in [-0.4, -0.2) is 47.1 Å². The van der Waals surface area contributed by atoms with E-state index in [0.717, 1.165) is 0 Å². The molecule has 0 unspecified atom stereocenters. The van der Waals surface area contributed by atoms with E-state index < -0.39 is 5.97 Å². The second-order valence-corrected chi connectivity index (χ2v) is 5.03. The Morgan fingerprint density at radius 3 is 2.33 bits per heavy atom. The van der Waals surface area contributed by atoms with Crippen LogP contribution in [0.4, 0.5) is 0 Å². The second kappa shape index (κ2) is 4.18. The predicted octanol–water partition coefficient (Wildman–Crippen LogP) is -0.0825. The van der Waals surface area contributed by atoms with E-state index in [1.165, 1.54) is 0 Å². The topological polar surface area (TPSA) is 69.6 Å². The summed E-state index contributed by atoms with van der Waals surface area (Å²) in [6, 6.07) is 0. The first-order valence-electron chi connectivity index (χ1n) is 5.04. The minimum atomic E-state index is -0.775. The highest BCUT2D eigenvalue weighted by molar-refractivity contribution is 5.79. The average molecular weight is 214 g/mol. The molecule has 0 radical (unpaired) electrons. The van der Waals surface area contributed by atoms with Gasteiger partial charge in [0.2, 0.25) is 5.91 Å². The molecule has 1 aliphatic rings. The molecule has 5 nitrogen and oxygen atoms in total. The normalized spacial score (nSPS) is 18.3. The number of carboxylic acids is 1. The molecule has 0 saturated carbocycles. The third-order valence-corrected chi connectivity index (χ3v) is 2.19. The molecule has 0 bridgehead atoms. The van der Waals surface area contributed by atoms with E-state index in [-0.39, 0.29) is 17.4 Å². The van der Waals surface area contributed by atoms with Gasteiger partial charge in [0, 0.05) is 18.6 Å². The molecule has 1 amide bonds. The standard InChI is InChI=1S/C10H18N2O3/c1-10(2,3)11-8(13)6-12-4-7(5-12)9(14)15/h7H,4-6H2,1-3H3,(H,11,13)(H,14,15). The SMILES string of the molecule is CC(C)(C)NC(=O)CN1CC(C(=O)O)C1. The van der Waals surface area contributed by atoms with Crippen LogP contribution in [-0.2, 0) is 9.59 Å². The van der Waals surface area contributed by atoms with Gasteiger partial charge in [-0.3, -0.25) is 14.5 Å². The largest absolute Gasteiger partial charge is 0.481 e. The van der Waals surface area contributed by atoms with E-state index >= 15 is 0 Å². The quantitative estimate of drug-likeness (QED) is 0.689. The Labute approximate surface area is 89.4 Å². The van der Waals surface area contributed by atoms with E-state index in [2.05, 4.69) is 5.32 Å². The summed E-state index contributed by atoms with van der Waals surface area (Å²) in [5, 5.41) is 11.5. The van der Waals surface area contributed by atoms with E-state index in [4.69, 9.17) is 5.11 Å². The smallest absolute Gasteiger partial charge is 0.309 e. The molecule has 1 saturated heterocycles. The van der Waals surface area contributed by atoms with Crippen LogP contribution in [0.3, 0.4) is 0 Å². The van der Waals surface area contributed by atoms with Crippen molar-refractivity contribution >= 4 is 11.9 Å². The van der Waals surface area contributed by atoms with Crippen molar-refractivity contribution in [2.24, 2.45) is 5.92 Å². The van der Waals surface area contributed by atoms with Gasteiger partial charge in [0.15, 0.2) is 0 Å². The second-order valence-electron chi connectivity index (χ2n) is 5.03. The van der Waals surface area contributed by atoms with Gasteiger partial charge >= 0.3 is 5.97 Å². The molecule has 1 heterocycles. The first kappa shape index (κ1) is 12.0. The molecule has 0 aromatic rings. The Morgan fingerprint density at radius 1 is 1.40 bits per heavy atom. The number of carbonyl (C=O) groups excluding carboxylic acids is 1. The van der Waals surface area contributed by atoms with Crippen LogP contribution >= 0.6 is 0 Å². The van der Waals surface area contributed by atoms with Crippen LogP contribution in [0.15, 0.2) is 0 Å². The molecule has 5 heteroatoms. The lowest BCUT2D eigenvalue weighted by molar-refractivity contribution is -0.148. The number of nitrogens with one attached hydrogen (secondary N) is 1. The number of likely N-dealkylation sites (tertiary alicyclic amines) is 1. The van der Waals surface area contributed by atoms with E-state index in [1.807, 2.05) is 25.7 Å². The molecular weight excluding hydrogens is 196 g/mol. The molecule has 1 aliphatic heterocycles. The summed E-state index contributed by atoms with van der Waals surface area (Å²) in [5.41, 5.74) is -0.228. The van der Waals surface area contributed by atoms with Gasteiger partial charge in [-0.25, -0.2) is 0 Å². The number of hydrogen-bond donors (Lipinski definition) is 2. The Morgan fingerprint density at radius 2 is 1.93 bits per heavy atom. The van der Waals surface area contributed by atoms with Crippen molar-refractivity contribution in [1.82, 2.24) is 10.2 Å². The molecule has 0 aromatic carbocycles. The summed E-state index contributed by atoms with van der Waals surface area (Å²) < 4.78 is 0. The third kappa shape index (κ3) is 3.87. The summed E-state index contributed by atoms with van der Waals surface area (Å²) in [6.45, 7) is 7.00. The summed E-state index contributed by atoms with van der Waals surface area (Å²) >= 11 is 0. The van der Waals surface area contributed by atoms with Crippen molar-refractivity contribution in [3.63, 3.8) is 0 Å².